The second-order valence-electron chi connectivity index (χ2n) is 6.20. The molecule has 5 rings (SSSR count). The van der Waals surface area contributed by atoms with Crippen molar-refractivity contribution in [2.45, 2.75) is 26.3 Å². The minimum absolute atomic E-state index is 1.15. The Morgan fingerprint density at radius 3 is 2.71 bits per heavy atom. The maximum Gasteiger partial charge on any atom is 0.0530 e. The summed E-state index contributed by atoms with van der Waals surface area (Å²) in [5.74, 6) is 0. The minimum Gasteiger partial charge on any atom is -0.340 e. The molecule has 4 aromatic rings. The van der Waals surface area contributed by atoms with Crippen LogP contribution in [0.3, 0.4) is 0 Å². The van der Waals surface area contributed by atoms with E-state index in [1.807, 2.05) is 0 Å². The Balaban J connectivity index is 2.18. The largest absolute Gasteiger partial charge is 0.340 e. The van der Waals surface area contributed by atoms with Gasteiger partial charge in [-0.2, -0.15) is 0 Å². The Labute approximate surface area is 123 Å². The van der Waals surface area contributed by atoms with E-state index in [0.29, 0.717) is 0 Å². The molecule has 2 heterocycles. The number of para-hydroxylation sites is 1. The first kappa shape index (κ1) is 11.4. The van der Waals surface area contributed by atoms with Gasteiger partial charge < -0.3 is 4.57 Å². The Morgan fingerprint density at radius 1 is 0.905 bits per heavy atom. The van der Waals surface area contributed by atoms with Gasteiger partial charge in [-0.05, 0) is 53.8 Å². The van der Waals surface area contributed by atoms with Crippen LogP contribution in [0.2, 0.25) is 0 Å². The van der Waals surface area contributed by atoms with Crippen molar-refractivity contribution >= 4 is 32.6 Å². The number of hydrogen-bond donors (Lipinski definition) is 0. The third-order valence-corrected chi connectivity index (χ3v) is 5.01. The monoisotopic (exact) mass is 271 g/mol. The zero-order valence-electron chi connectivity index (χ0n) is 12.2. The number of fused-ring (bicyclic) bond motifs is 5. The van der Waals surface area contributed by atoms with E-state index >= 15 is 0 Å². The van der Waals surface area contributed by atoms with Crippen molar-refractivity contribution in [1.82, 2.24) is 4.57 Å². The first-order chi connectivity index (χ1) is 10.3. The van der Waals surface area contributed by atoms with Crippen LogP contribution >= 0.6 is 0 Å². The highest BCUT2D eigenvalue weighted by atomic mass is 15.0. The fraction of sp³-hybridized carbons (Fsp3) is 0.200. The van der Waals surface area contributed by atoms with Crippen LogP contribution in [-0.4, -0.2) is 4.57 Å². The van der Waals surface area contributed by atoms with E-state index in [9.17, 15) is 0 Å². The van der Waals surface area contributed by atoms with Gasteiger partial charge in [0, 0.05) is 22.8 Å². The van der Waals surface area contributed by atoms with Crippen molar-refractivity contribution in [3.63, 3.8) is 0 Å². The second kappa shape index (κ2) is 3.88. The zero-order chi connectivity index (χ0) is 14.0. The molecular weight excluding hydrogens is 254 g/mol. The summed E-state index contributed by atoms with van der Waals surface area (Å²) in [4.78, 5) is 0. The molecule has 0 N–H and O–H groups in total. The van der Waals surface area contributed by atoms with Crippen LogP contribution in [0.4, 0.5) is 0 Å². The lowest BCUT2D eigenvalue weighted by atomic mass is 9.94. The zero-order valence-corrected chi connectivity index (χ0v) is 12.2. The molecule has 1 aromatic heterocycles. The highest BCUT2D eigenvalue weighted by Gasteiger charge is 2.19. The summed E-state index contributed by atoms with van der Waals surface area (Å²) < 4.78 is 2.53. The summed E-state index contributed by atoms with van der Waals surface area (Å²) in [5.41, 5.74) is 5.77. The summed E-state index contributed by atoms with van der Waals surface area (Å²) in [7, 11) is 0. The first-order valence-electron chi connectivity index (χ1n) is 7.77. The molecule has 1 nitrogen and oxygen atoms in total. The van der Waals surface area contributed by atoms with Gasteiger partial charge in [-0.3, -0.25) is 0 Å². The highest BCUT2D eigenvalue weighted by Crippen LogP contribution is 2.40. The summed E-state index contributed by atoms with van der Waals surface area (Å²) in [6.45, 7) is 3.37. The number of hydrogen-bond acceptors (Lipinski definition) is 0. The molecule has 1 aliphatic heterocycles. The SMILES string of the molecule is Cc1cccc2c1cc1c3c2c2ccccc2n3CCC1. The van der Waals surface area contributed by atoms with Crippen LogP contribution in [0.5, 0.6) is 0 Å². The van der Waals surface area contributed by atoms with Gasteiger partial charge in [-0.15, -0.1) is 0 Å². The van der Waals surface area contributed by atoms with Crippen LogP contribution in [0.1, 0.15) is 17.5 Å². The Bertz CT molecular complexity index is 1020. The quantitative estimate of drug-likeness (QED) is 0.414. The number of aryl methyl sites for hydroxylation is 3. The molecule has 0 amide bonds. The molecule has 0 aliphatic carbocycles. The molecule has 0 unspecified atom stereocenters. The maximum atomic E-state index is 2.53. The lowest BCUT2D eigenvalue weighted by Gasteiger charge is -2.18. The maximum absolute atomic E-state index is 2.53. The molecule has 3 aromatic carbocycles. The molecular formula is C20H17N. The van der Waals surface area contributed by atoms with Gasteiger partial charge in [0.2, 0.25) is 0 Å². The fourth-order valence-electron chi connectivity index (χ4n) is 4.09. The van der Waals surface area contributed by atoms with Crippen molar-refractivity contribution in [3.05, 3.63) is 59.7 Å². The smallest absolute Gasteiger partial charge is 0.0530 e. The number of aromatic nitrogens is 1. The van der Waals surface area contributed by atoms with E-state index in [1.165, 1.54) is 56.5 Å². The molecule has 0 saturated carbocycles. The number of nitrogens with zero attached hydrogens (tertiary/aromatic N) is 1. The second-order valence-corrected chi connectivity index (χ2v) is 6.20. The third kappa shape index (κ3) is 1.36. The first-order valence-corrected chi connectivity index (χ1v) is 7.77. The number of rotatable bonds is 0. The molecule has 0 atom stereocenters. The molecule has 0 radical (unpaired) electrons. The molecule has 0 fully saturated rings. The Morgan fingerprint density at radius 2 is 1.76 bits per heavy atom. The Kier molecular flexibility index (Phi) is 2.11. The molecule has 0 saturated heterocycles. The van der Waals surface area contributed by atoms with Gasteiger partial charge in [0.1, 0.15) is 0 Å². The number of benzene rings is 3. The lowest BCUT2D eigenvalue weighted by molar-refractivity contribution is 0.652. The van der Waals surface area contributed by atoms with Crippen LogP contribution in [-0.2, 0) is 13.0 Å². The standard InChI is InChI=1S/C20H17N/c1-13-6-4-9-15-17(13)12-14-7-5-11-21-18-10-3-2-8-16(18)19(15)20(14)21/h2-4,6,8-10,12H,5,7,11H2,1H3. The lowest BCUT2D eigenvalue weighted by Crippen LogP contribution is -2.07. The van der Waals surface area contributed by atoms with Crippen LogP contribution < -0.4 is 0 Å². The summed E-state index contributed by atoms with van der Waals surface area (Å²) in [6, 6.07) is 18.0. The van der Waals surface area contributed by atoms with Crippen molar-refractivity contribution in [2.75, 3.05) is 0 Å². The average Bonchev–Trinajstić information content (AvgIpc) is 2.86. The topological polar surface area (TPSA) is 4.93 Å². The van der Waals surface area contributed by atoms with Crippen LogP contribution in [0, 0.1) is 6.92 Å². The van der Waals surface area contributed by atoms with Gasteiger partial charge in [0.05, 0.1) is 5.52 Å². The predicted octanol–water partition coefficient (Wildman–Crippen LogP) is 5.20. The van der Waals surface area contributed by atoms with Gasteiger partial charge in [0.15, 0.2) is 0 Å². The van der Waals surface area contributed by atoms with Crippen molar-refractivity contribution in [3.8, 4) is 0 Å². The van der Waals surface area contributed by atoms with Gasteiger partial charge >= 0.3 is 0 Å². The van der Waals surface area contributed by atoms with Gasteiger partial charge in [-0.1, -0.05) is 36.4 Å². The Hall–Kier alpha value is -2.28. The molecule has 102 valence electrons. The normalized spacial score (nSPS) is 14.3. The molecule has 1 heteroatoms. The average molecular weight is 271 g/mol. The molecule has 0 spiro atoms. The molecule has 1 aliphatic rings. The van der Waals surface area contributed by atoms with E-state index < -0.39 is 0 Å². The van der Waals surface area contributed by atoms with E-state index in [-0.39, 0.29) is 0 Å². The van der Waals surface area contributed by atoms with Crippen molar-refractivity contribution < 1.29 is 0 Å². The van der Waals surface area contributed by atoms with Gasteiger partial charge in [-0.25, -0.2) is 0 Å². The highest BCUT2D eigenvalue weighted by molar-refractivity contribution is 6.22. The minimum atomic E-state index is 1.15. The third-order valence-electron chi connectivity index (χ3n) is 5.01. The van der Waals surface area contributed by atoms with E-state index in [0.717, 1.165) is 6.54 Å². The van der Waals surface area contributed by atoms with Gasteiger partial charge in [0.25, 0.3) is 0 Å². The summed E-state index contributed by atoms with van der Waals surface area (Å²) in [5, 5.41) is 5.70. The van der Waals surface area contributed by atoms with E-state index in [2.05, 4.69) is 60.0 Å². The van der Waals surface area contributed by atoms with Crippen molar-refractivity contribution in [1.29, 1.82) is 0 Å². The summed E-state index contributed by atoms with van der Waals surface area (Å²) in [6.07, 6.45) is 2.45. The molecule has 21 heavy (non-hydrogen) atoms. The van der Waals surface area contributed by atoms with E-state index in [4.69, 9.17) is 0 Å². The van der Waals surface area contributed by atoms with Crippen LogP contribution in [0.25, 0.3) is 32.6 Å². The molecule has 0 bridgehead atoms. The van der Waals surface area contributed by atoms with Crippen molar-refractivity contribution in [2.24, 2.45) is 0 Å². The van der Waals surface area contributed by atoms with Crippen LogP contribution in [0.15, 0.2) is 48.5 Å². The fourth-order valence-corrected chi connectivity index (χ4v) is 4.09. The predicted molar refractivity (Wildman–Crippen MR) is 90.0 cm³/mol. The summed E-state index contributed by atoms with van der Waals surface area (Å²) >= 11 is 0. The van der Waals surface area contributed by atoms with E-state index in [1.54, 1.807) is 0 Å².